The summed E-state index contributed by atoms with van der Waals surface area (Å²) in [6, 6.07) is 9.22. The van der Waals surface area contributed by atoms with Crippen LogP contribution in [0.5, 0.6) is 0 Å². The van der Waals surface area contributed by atoms with Crippen LogP contribution in [0.25, 0.3) is 5.69 Å². The zero-order valence-electron chi connectivity index (χ0n) is 19.0. The maximum Gasteiger partial charge on any atom is 0.340 e. The van der Waals surface area contributed by atoms with E-state index in [0.717, 1.165) is 34.8 Å². The standard InChI is InChI=1S/C26H27N3O4/c1-4-33-26(32)20-7-5-6-8-21(20)28-15(2)13-19(16(28)3)14-27-29-24(30)22-17-9-10-18(12-11-17)23(22)25(29)31/h5-10,13-14,17-18,22-23H,4,11-12H2,1-3H3/b27-14-/t17-,18-,22-,23+/m0/s1. The number of carbonyl (C=O) groups excluding carboxylic acids is 3. The fourth-order valence-corrected chi connectivity index (χ4v) is 5.63. The summed E-state index contributed by atoms with van der Waals surface area (Å²) in [5, 5.41) is 5.42. The van der Waals surface area contributed by atoms with Crippen LogP contribution in [0, 0.1) is 37.5 Å². The van der Waals surface area contributed by atoms with Crippen molar-refractivity contribution in [1.82, 2.24) is 9.58 Å². The molecule has 3 aliphatic carbocycles. The van der Waals surface area contributed by atoms with Gasteiger partial charge >= 0.3 is 5.97 Å². The summed E-state index contributed by atoms with van der Waals surface area (Å²) in [6.45, 7) is 5.94. The van der Waals surface area contributed by atoms with Gasteiger partial charge in [0.05, 0.1) is 35.9 Å². The van der Waals surface area contributed by atoms with Crippen molar-refractivity contribution in [2.45, 2.75) is 33.6 Å². The van der Waals surface area contributed by atoms with Gasteiger partial charge in [0.25, 0.3) is 11.8 Å². The van der Waals surface area contributed by atoms with Gasteiger partial charge in [-0.2, -0.15) is 10.1 Å². The van der Waals surface area contributed by atoms with E-state index in [1.807, 2.05) is 36.6 Å². The third kappa shape index (κ3) is 3.34. The van der Waals surface area contributed by atoms with Crippen LogP contribution >= 0.6 is 0 Å². The minimum atomic E-state index is -0.380. The molecule has 2 amide bonds. The van der Waals surface area contributed by atoms with Gasteiger partial charge < -0.3 is 9.30 Å². The van der Waals surface area contributed by atoms with Crippen molar-refractivity contribution in [1.29, 1.82) is 0 Å². The lowest BCUT2D eigenvalue weighted by atomic mass is 9.63. The maximum absolute atomic E-state index is 13.0. The molecule has 1 saturated heterocycles. The lowest BCUT2D eigenvalue weighted by Crippen LogP contribution is -2.38. The molecular formula is C26H27N3O4. The molecular weight excluding hydrogens is 418 g/mol. The van der Waals surface area contributed by atoms with E-state index >= 15 is 0 Å². The van der Waals surface area contributed by atoms with E-state index in [4.69, 9.17) is 4.74 Å². The van der Waals surface area contributed by atoms with Gasteiger partial charge in [-0.15, -0.1) is 0 Å². The molecule has 0 N–H and O–H groups in total. The third-order valence-electron chi connectivity index (χ3n) is 7.16. The number of allylic oxidation sites excluding steroid dienone is 2. The first kappa shape index (κ1) is 21.4. The molecule has 2 aromatic rings. The van der Waals surface area contributed by atoms with Crippen LogP contribution in [-0.4, -0.2) is 40.2 Å². The smallest absolute Gasteiger partial charge is 0.340 e. The van der Waals surface area contributed by atoms with Gasteiger partial charge in [-0.3, -0.25) is 9.59 Å². The van der Waals surface area contributed by atoms with Gasteiger partial charge in [-0.1, -0.05) is 24.3 Å². The molecule has 1 saturated carbocycles. The highest BCUT2D eigenvalue weighted by molar-refractivity contribution is 6.06. The Hall–Kier alpha value is -3.48. The summed E-state index contributed by atoms with van der Waals surface area (Å²) in [6.07, 6.45) is 7.69. The SMILES string of the molecule is CCOC(=O)c1ccccc1-n1c(C)cc(/C=N\N2C(=O)[C@@H]3[C@H](C2=O)[C@H]2C=C[C@H]3CC2)c1C. The molecule has 1 aliphatic heterocycles. The van der Waals surface area contributed by atoms with Crippen molar-refractivity contribution in [3.63, 3.8) is 0 Å². The molecule has 0 unspecified atom stereocenters. The Labute approximate surface area is 192 Å². The highest BCUT2D eigenvalue weighted by Gasteiger charge is 2.56. The second kappa shape index (κ2) is 8.14. The van der Waals surface area contributed by atoms with Crippen LogP contribution < -0.4 is 0 Å². The summed E-state index contributed by atoms with van der Waals surface area (Å²) < 4.78 is 7.18. The Morgan fingerprint density at radius 2 is 1.73 bits per heavy atom. The molecule has 2 fully saturated rings. The van der Waals surface area contributed by atoms with E-state index in [1.54, 1.807) is 25.3 Å². The number of rotatable bonds is 5. The highest BCUT2D eigenvalue weighted by Crippen LogP contribution is 2.49. The number of imide groups is 1. The zero-order chi connectivity index (χ0) is 23.3. The average molecular weight is 446 g/mol. The fraction of sp³-hybridized carbons (Fsp3) is 0.385. The van der Waals surface area contributed by atoms with Crippen molar-refractivity contribution < 1.29 is 19.1 Å². The normalized spacial score (nSPS) is 25.8. The van der Waals surface area contributed by atoms with Crippen LogP contribution in [0.1, 0.15) is 47.1 Å². The number of fused-ring (bicyclic) bond motifs is 1. The van der Waals surface area contributed by atoms with Crippen LogP contribution in [0.4, 0.5) is 0 Å². The number of hydrazone groups is 1. The van der Waals surface area contributed by atoms with E-state index in [0.29, 0.717) is 17.9 Å². The lowest BCUT2D eigenvalue weighted by Gasteiger charge is -2.37. The average Bonchev–Trinajstić information content (AvgIpc) is 3.26. The van der Waals surface area contributed by atoms with Gasteiger partial charge in [0.2, 0.25) is 0 Å². The van der Waals surface area contributed by atoms with Gasteiger partial charge in [0, 0.05) is 17.0 Å². The minimum Gasteiger partial charge on any atom is -0.462 e. The molecule has 1 aromatic heterocycles. The lowest BCUT2D eigenvalue weighted by molar-refractivity contribution is -0.140. The third-order valence-corrected chi connectivity index (χ3v) is 7.16. The fourth-order valence-electron chi connectivity index (χ4n) is 5.63. The largest absolute Gasteiger partial charge is 0.462 e. The number of para-hydroxylation sites is 1. The summed E-state index contributed by atoms with van der Waals surface area (Å²) in [4.78, 5) is 38.5. The first-order valence-electron chi connectivity index (χ1n) is 11.5. The second-order valence-corrected chi connectivity index (χ2v) is 8.97. The van der Waals surface area contributed by atoms with E-state index in [1.165, 1.54) is 0 Å². The summed E-state index contributed by atoms with van der Waals surface area (Å²) >= 11 is 0. The van der Waals surface area contributed by atoms with E-state index in [-0.39, 0.29) is 41.5 Å². The Bertz CT molecular complexity index is 1180. The Balaban J connectivity index is 1.46. The zero-order valence-corrected chi connectivity index (χ0v) is 19.0. The van der Waals surface area contributed by atoms with Crippen molar-refractivity contribution in [2.24, 2.45) is 28.8 Å². The number of hydrogen-bond donors (Lipinski definition) is 0. The summed E-state index contributed by atoms with van der Waals surface area (Å²) in [7, 11) is 0. The topological polar surface area (TPSA) is 81.0 Å². The van der Waals surface area contributed by atoms with Gasteiger partial charge in [0.15, 0.2) is 0 Å². The molecule has 7 nitrogen and oxygen atoms in total. The predicted molar refractivity (Wildman–Crippen MR) is 123 cm³/mol. The second-order valence-electron chi connectivity index (χ2n) is 8.97. The van der Waals surface area contributed by atoms with E-state index in [9.17, 15) is 14.4 Å². The van der Waals surface area contributed by atoms with Gasteiger partial charge in [-0.05, 0) is 63.6 Å². The maximum atomic E-state index is 13.0. The van der Waals surface area contributed by atoms with E-state index < -0.39 is 0 Å². The van der Waals surface area contributed by atoms with Crippen molar-refractivity contribution >= 4 is 24.0 Å². The first-order chi connectivity index (χ1) is 15.9. The molecule has 2 heterocycles. The molecule has 0 radical (unpaired) electrons. The Morgan fingerprint density at radius 3 is 2.33 bits per heavy atom. The molecule has 0 spiro atoms. The van der Waals surface area contributed by atoms with Gasteiger partial charge in [-0.25, -0.2) is 4.79 Å². The number of aromatic nitrogens is 1. The van der Waals surface area contributed by atoms with E-state index in [2.05, 4.69) is 17.3 Å². The highest BCUT2D eigenvalue weighted by atomic mass is 16.5. The predicted octanol–water partition coefficient (Wildman–Crippen LogP) is 3.80. The van der Waals surface area contributed by atoms with Crippen LogP contribution in [0.15, 0.2) is 47.6 Å². The van der Waals surface area contributed by atoms with Crippen LogP contribution in [0.3, 0.4) is 0 Å². The summed E-state index contributed by atoms with van der Waals surface area (Å²) in [5.74, 6) is -1.04. The molecule has 7 heteroatoms. The van der Waals surface area contributed by atoms with Crippen molar-refractivity contribution in [2.75, 3.05) is 6.61 Å². The molecule has 170 valence electrons. The Morgan fingerprint density at radius 1 is 1.09 bits per heavy atom. The monoisotopic (exact) mass is 445 g/mol. The number of esters is 1. The molecule has 4 atom stereocenters. The van der Waals surface area contributed by atoms with Crippen LogP contribution in [0.2, 0.25) is 0 Å². The Kier molecular flexibility index (Phi) is 5.27. The van der Waals surface area contributed by atoms with Crippen molar-refractivity contribution in [3.05, 3.63) is 65.0 Å². The number of benzene rings is 1. The number of nitrogens with zero attached hydrogens (tertiary/aromatic N) is 3. The van der Waals surface area contributed by atoms with Crippen LogP contribution in [-0.2, 0) is 14.3 Å². The van der Waals surface area contributed by atoms with Gasteiger partial charge in [0.1, 0.15) is 0 Å². The molecule has 4 aliphatic rings. The molecule has 33 heavy (non-hydrogen) atoms. The number of aryl methyl sites for hydroxylation is 1. The molecule has 6 rings (SSSR count). The molecule has 2 bridgehead atoms. The molecule has 1 aromatic carbocycles. The number of carbonyl (C=O) groups is 3. The quantitative estimate of drug-likeness (QED) is 0.303. The summed E-state index contributed by atoms with van der Waals surface area (Å²) in [5.41, 5.74) is 3.73. The first-order valence-corrected chi connectivity index (χ1v) is 11.5. The van der Waals surface area contributed by atoms with Crippen molar-refractivity contribution in [3.8, 4) is 5.69 Å². The minimum absolute atomic E-state index is 0.140. The number of hydrogen-bond acceptors (Lipinski definition) is 5. The number of ether oxygens (including phenoxy) is 1. The number of amides is 2.